The van der Waals surface area contributed by atoms with Crippen molar-refractivity contribution in [3.63, 3.8) is 0 Å². The number of carboxylic acid groups (broad SMARTS) is 1. The van der Waals surface area contributed by atoms with Crippen LogP contribution in [0.3, 0.4) is 0 Å². The first-order valence-electron chi connectivity index (χ1n) is 11.1. The van der Waals surface area contributed by atoms with Crippen LogP contribution in [0, 0.1) is 0 Å². The quantitative estimate of drug-likeness (QED) is 0.454. The van der Waals surface area contributed by atoms with E-state index in [4.69, 9.17) is 9.26 Å². The number of amides is 1. The minimum atomic E-state index is -4.65. The first-order chi connectivity index (χ1) is 15.7. The molecule has 0 unspecified atom stereocenters. The predicted octanol–water partition coefficient (Wildman–Crippen LogP) is 5.28. The Balaban J connectivity index is 1.73. The minimum absolute atomic E-state index is 0.0404. The van der Waals surface area contributed by atoms with E-state index in [2.05, 4.69) is 17.1 Å². The average molecular weight is 471 g/mol. The SMILES string of the molecule is CCCCCCCCOc1ccc(-c2noc([C@@H]3[C@H](O)CCN3C(=O)O)n2)cc1C(F)(F)F. The Labute approximate surface area is 189 Å². The van der Waals surface area contributed by atoms with Crippen molar-refractivity contribution in [3.05, 3.63) is 29.7 Å². The molecule has 1 saturated heterocycles. The van der Waals surface area contributed by atoms with Gasteiger partial charge >= 0.3 is 12.3 Å². The van der Waals surface area contributed by atoms with Crippen molar-refractivity contribution in [2.24, 2.45) is 0 Å². The van der Waals surface area contributed by atoms with Gasteiger partial charge in [0.05, 0.1) is 18.3 Å². The van der Waals surface area contributed by atoms with E-state index in [-0.39, 0.29) is 42.6 Å². The van der Waals surface area contributed by atoms with Crippen molar-refractivity contribution < 1.29 is 37.4 Å². The summed E-state index contributed by atoms with van der Waals surface area (Å²) in [6.45, 7) is 2.39. The van der Waals surface area contributed by atoms with Gasteiger partial charge in [0.2, 0.25) is 5.82 Å². The highest BCUT2D eigenvalue weighted by Gasteiger charge is 2.41. The number of aliphatic hydroxyl groups is 1. The summed E-state index contributed by atoms with van der Waals surface area (Å²) in [6, 6.07) is 2.43. The van der Waals surface area contributed by atoms with E-state index in [1.807, 2.05) is 0 Å². The summed E-state index contributed by atoms with van der Waals surface area (Å²) in [5.41, 5.74) is -0.913. The maximum Gasteiger partial charge on any atom is 0.419 e. The number of unbranched alkanes of at least 4 members (excludes halogenated alkanes) is 5. The standard InChI is InChI=1S/C22H28F3N3O5/c1-2-3-4-5-6-7-12-32-17-9-8-14(13-15(17)22(23,24)25)19-26-20(33-27-19)18-16(29)10-11-28(18)21(30)31/h8-9,13,16,18,29H,2-7,10-12H2,1H3,(H,30,31)/t16-,18+/m1/s1. The normalized spacial score (nSPS) is 18.6. The molecule has 2 N–H and O–H groups in total. The number of carbonyl (C=O) groups is 1. The largest absolute Gasteiger partial charge is 0.493 e. The number of ether oxygens (including phenoxy) is 1. The molecule has 1 aromatic carbocycles. The van der Waals surface area contributed by atoms with Gasteiger partial charge in [-0.25, -0.2) is 4.79 Å². The number of rotatable bonds is 10. The molecular formula is C22H28F3N3O5. The van der Waals surface area contributed by atoms with Crippen molar-refractivity contribution in [2.75, 3.05) is 13.2 Å². The number of benzene rings is 1. The minimum Gasteiger partial charge on any atom is -0.493 e. The number of halogens is 3. The lowest BCUT2D eigenvalue weighted by atomic mass is 10.1. The van der Waals surface area contributed by atoms with Gasteiger partial charge in [-0.15, -0.1) is 0 Å². The second-order valence-corrected chi connectivity index (χ2v) is 8.06. The molecule has 1 amide bonds. The van der Waals surface area contributed by atoms with Crippen molar-refractivity contribution in [2.45, 2.75) is 70.2 Å². The summed E-state index contributed by atoms with van der Waals surface area (Å²) in [7, 11) is 0. The van der Waals surface area contributed by atoms with Crippen LogP contribution < -0.4 is 4.74 Å². The number of likely N-dealkylation sites (tertiary alicyclic amines) is 1. The Bertz CT molecular complexity index is 934. The van der Waals surface area contributed by atoms with Crippen molar-refractivity contribution >= 4 is 6.09 Å². The molecule has 2 heterocycles. The van der Waals surface area contributed by atoms with Crippen molar-refractivity contribution in [1.29, 1.82) is 0 Å². The molecule has 2 aromatic rings. The van der Waals surface area contributed by atoms with Crippen LogP contribution >= 0.6 is 0 Å². The van der Waals surface area contributed by atoms with Gasteiger partial charge in [-0.1, -0.05) is 44.2 Å². The number of aliphatic hydroxyl groups excluding tert-OH is 1. The molecule has 11 heteroatoms. The van der Waals surface area contributed by atoms with E-state index in [1.165, 1.54) is 12.1 Å². The van der Waals surface area contributed by atoms with Crippen LogP contribution in [0.15, 0.2) is 22.7 Å². The number of aromatic nitrogens is 2. The van der Waals surface area contributed by atoms with Gasteiger partial charge in [-0.3, -0.25) is 4.90 Å². The maximum atomic E-state index is 13.7. The molecule has 182 valence electrons. The van der Waals surface area contributed by atoms with Gasteiger partial charge < -0.3 is 19.5 Å². The molecule has 0 radical (unpaired) electrons. The number of nitrogens with zero attached hydrogens (tertiary/aromatic N) is 3. The number of alkyl halides is 3. The monoisotopic (exact) mass is 471 g/mol. The summed E-state index contributed by atoms with van der Waals surface area (Å²) >= 11 is 0. The van der Waals surface area contributed by atoms with Gasteiger partial charge in [-0.2, -0.15) is 18.2 Å². The van der Waals surface area contributed by atoms with E-state index >= 15 is 0 Å². The van der Waals surface area contributed by atoms with E-state index in [0.29, 0.717) is 6.42 Å². The number of hydrogen-bond acceptors (Lipinski definition) is 6. The molecule has 1 fully saturated rings. The Kier molecular flexibility index (Phi) is 8.17. The van der Waals surface area contributed by atoms with Crippen LogP contribution in [0.1, 0.15) is 69.4 Å². The van der Waals surface area contributed by atoms with Crippen molar-refractivity contribution in [1.82, 2.24) is 15.0 Å². The molecule has 0 saturated carbocycles. The molecule has 1 aromatic heterocycles. The lowest BCUT2D eigenvalue weighted by Gasteiger charge is -2.19. The van der Waals surface area contributed by atoms with E-state index in [9.17, 15) is 28.2 Å². The highest BCUT2D eigenvalue weighted by Crippen LogP contribution is 2.39. The molecule has 1 aliphatic rings. The highest BCUT2D eigenvalue weighted by atomic mass is 19.4. The lowest BCUT2D eigenvalue weighted by molar-refractivity contribution is -0.138. The van der Waals surface area contributed by atoms with Crippen LogP contribution in [0.5, 0.6) is 5.75 Å². The van der Waals surface area contributed by atoms with Crippen LogP contribution in [-0.4, -0.2) is 50.6 Å². The molecule has 0 aliphatic carbocycles. The third kappa shape index (κ3) is 6.16. The van der Waals surface area contributed by atoms with Crippen molar-refractivity contribution in [3.8, 4) is 17.1 Å². The van der Waals surface area contributed by atoms with Gasteiger partial charge in [0, 0.05) is 12.1 Å². The summed E-state index contributed by atoms with van der Waals surface area (Å²) in [6.07, 6.45) is -0.804. The second-order valence-electron chi connectivity index (χ2n) is 8.06. The zero-order valence-electron chi connectivity index (χ0n) is 18.3. The van der Waals surface area contributed by atoms with Crippen LogP contribution in [0.25, 0.3) is 11.4 Å². The molecule has 2 atom stereocenters. The van der Waals surface area contributed by atoms with E-state index in [1.54, 1.807) is 0 Å². The Hall–Kier alpha value is -2.82. The number of hydrogen-bond donors (Lipinski definition) is 2. The van der Waals surface area contributed by atoms with E-state index in [0.717, 1.165) is 43.1 Å². The van der Waals surface area contributed by atoms with Crippen LogP contribution in [-0.2, 0) is 6.18 Å². The Morgan fingerprint density at radius 3 is 2.67 bits per heavy atom. The fourth-order valence-corrected chi connectivity index (χ4v) is 3.84. The molecule has 1 aliphatic heterocycles. The third-order valence-corrected chi connectivity index (χ3v) is 5.61. The van der Waals surface area contributed by atoms with Gasteiger partial charge in [0.25, 0.3) is 5.89 Å². The molecular weight excluding hydrogens is 443 g/mol. The van der Waals surface area contributed by atoms with Gasteiger partial charge in [0.15, 0.2) is 0 Å². The summed E-state index contributed by atoms with van der Waals surface area (Å²) in [4.78, 5) is 16.4. The van der Waals surface area contributed by atoms with Crippen LogP contribution in [0.4, 0.5) is 18.0 Å². The molecule has 33 heavy (non-hydrogen) atoms. The average Bonchev–Trinajstić information content (AvgIpc) is 3.39. The fraction of sp³-hybridized carbons (Fsp3) is 0.591. The molecule has 0 bridgehead atoms. The smallest absolute Gasteiger partial charge is 0.419 e. The highest BCUT2D eigenvalue weighted by molar-refractivity contribution is 5.66. The second kappa shape index (κ2) is 10.9. The van der Waals surface area contributed by atoms with Crippen LogP contribution in [0.2, 0.25) is 0 Å². The summed E-state index contributed by atoms with van der Waals surface area (Å²) < 4.78 is 51.5. The van der Waals surface area contributed by atoms with Gasteiger partial charge in [-0.05, 0) is 31.0 Å². The summed E-state index contributed by atoms with van der Waals surface area (Å²) in [5, 5.41) is 23.1. The zero-order valence-corrected chi connectivity index (χ0v) is 18.3. The Morgan fingerprint density at radius 1 is 1.24 bits per heavy atom. The summed E-state index contributed by atoms with van der Waals surface area (Å²) in [5.74, 6) is -0.580. The topological polar surface area (TPSA) is 109 Å². The van der Waals surface area contributed by atoms with Gasteiger partial charge in [0.1, 0.15) is 11.8 Å². The zero-order chi connectivity index (χ0) is 24.0. The third-order valence-electron chi connectivity index (χ3n) is 5.61. The first kappa shape index (κ1) is 24.8. The lowest BCUT2D eigenvalue weighted by Crippen LogP contribution is -2.32. The fourth-order valence-electron chi connectivity index (χ4n) is 3.84. The molecule has 0 spiro atoms. The maximum absolute atomic E-state index is 13.7. The molecule has 8 nitrogen and oxygen atoms in total. The Morgan fingerprint density at radius 2 is 1.97 bits per heavy atom. The first-order valence-corrected chi connectivity index (χ1v) is 11.1. The molecule has 3 rings (SSSR count). The predicted molar refractivity (Wildman–Crippen MR) is 112 cm³/mol. The van der Waals surface area contributed by atoms with E-state index < -0.39 is 30.0 Å².